The molecule has 0 bridgehead atoms. The summed E-state index contributed by atoms with van der Waals surface area (Å²) >= 11 is 0. The van der Waals surface area contributed by atoms with Gasteiger partial charge in [0.25, 0.3) is 0 Å². The van der Waals surface area contributed by atoms with Crippen LogP contribution < -0.4 is 9.64 Å². The van der Waals surface area contributed by atoms with Gasteiger partial charge in [0.2, 0.25) is 0 Å². The maximum atomic E-state index is 5.39. The summed E-state index contributed by atoms with van der Waals surface area (Å²) in [6, 6.07) is 63.2. The van der Waals surface area contributed by atoms with Crippen LogP contribution in [0.5, 0.6) is 5.75 Å². The first-order chi connectivity index (χ1) is 25.3. The molecular formula is C45H33N5O. The first kappa shape index (κ1) is 30.2. The third-order valence-corrected chi connectivity index (χ3v) is 9.37. The molecule has 2 heterocycles. The van der Waals surface area contributed by atoms with E-state index in [1.54, 1.807) is 7.11 Å². The van der Waals surface area contributed by atoms with E-state index in [0.717, 1.165) is 57.0 Å². The van der Waals surface area contributed by atoms with Crippen molar-refractivity contribution in [2.24, 2.45) is 0 Å². The Balaban J connectivity index is 1.11. The Hall–Kier alpha value is -6.92. The molecule has 7 aromatic carbocycles. The summed E-state index contributed by atoms with van der Waals surface area (Å²) in [6.45, 7) is 0. The van der Waals surface area contributed by atoms with Gasteiger partial charge in [-0.15, -0.1) is 10.2 Å². The molecule has 0 amide bonds. The van der Waals surface area contributed by atoms with Crippen molar-refractivity contribution in [3.63, 3.8) is 0 Å². The van der Waals surface area contributed by atoms with Crippen LogP contribution in [0, 0.1) is 0 Å². The zero-order chi connectivity index (χ0) is 34.1. The highest BCUT2D eigenvalue weighted by molar-refractivity contribution is 6.09. The number of anilines is 3. The SMILES string of the molecule is COc1ccc(-c2nnc(-c3ccc(N(c4ccccc4)c4ccc(-n5c6ccccc6c6ccccc65)cc4)cc3)n2-c2ccccc2)cc1. The smallest absolute Gasteiger partial charge is 0.168 e. The molecule has 9 aromatic rings. The van der Waals surface area contributed by atoms with Crippen LogP contribution in [-0.2, 0) is 0 Å². The molecule has 0 radical (unpaired) electrons. The minimum absolute atomic E-state index is 0.761. The van der Waals surface area contributed by atoms with E-state index in [1.807, 2.05) is 48.5 Å². The summed E-state index contributed by atoms with van der Waals surface area (Å²) in [5.41, 5.74) is 9.58. The Kier molecular flexibility index (Phi) is 7.59. The summed E-state index contributed by atoms with van der Waals surface area (Å²) in [5, 5.41) is 11.9. The van der Waals surface area contributed by atoms with Gasteiger partial charge in [-0.2, -0.15) is 0 Å². The number of benzene rings is 7. The predicted octanol–water partition coefficient (Wildman–Crippen LogP) is 11.2. The molecule has 0 saturated carbocycles. The van der Waals surface area contributed by atoms with Gasteiger partial charge in [0.1, 0.15) is 5.75 Å². The minimum atomic E-state index is 0.761. The van der Waals surface area contributed by atoms with Crippen LogP contribution in [0.25, 0.3) is 56.0 Å². The van der Waals surface area contributed by atoms with Crippen LogP contribution in [0.1, 0.15) is 0 Å². The summed E-state index contributed by atoms with van der Waals surface area (Å²) in [7, 11) is 1.67. The van der Waals surface area contributed by atoms with Crippen LogP contribution in [0.4, 0.5) is 17.1 Å². The van der Waals surface area contributed by atoms with Gasteiger partial charge >= 0.3 is 0 Å². The number of hydrogen-bond donors (Lipinski definition) is 0. The average Bonchev–Trinajstić information content (AvgIpc) is 3.80. The van der Waals surface area contributed by atoms with Crippen LogP contribution in [0.2, 0.25) is 0 Å². The van der Waals surface area contributed by atoms with Crippen molar-refractivity contribution in [1.29, 1.82) is 0 Å². The number of aromatic nitrogens is 4. The van der Waals surface area contributed by atoms with E-state index < -0.39 is 0 Å². The lowest BCUT2D eigenvalue weighted by molar-refractivity contribution is 0.415. The number of rotatable bonds is 8. The van der Waals surface area contributed by atoms with Crippen molar-refractivity contribution in [2.45, 2.75) is 0 Å². The number of fused-ring (bicyclic) bond motifs is 3. The summed E-state index contributed by atoms with van der Waals surface area (Å²) < 4.78 is 9.85. The van der Waals surface area contributed by atoms with Crippen molar-refractivity contribution in [3.05, 3.63) is 182 Å². The molecule has 51 heavy (non-hydrogen) atoms. The van der Waals surface area contributed by atoms with Crippen LogP contribution in [0.15, 0.2) is 182 Å². The molecule has 0 unspecified atom stereocenters. The quantitative estimate of drug-likeness (QED) is 0.163. The molecule has 0 atom stereocenters. The lowest BCUT2D eigenvalue weighted by atomic mass is 10.1. The molecule has 0 aliphatic carbocycles. The second-order valence-corrected chi connectivity index (χ2v) is 12.4. The third-order valence-electron chi connectivity index (χ3n) is 9.37. The highest BCUT2D eigenvalue weighted by Gasteiger charge is 2.19. The normalized spacial score (nSPS) is 11.2. The van der Waals surface area contributed by atoms with E-state index >= 15 is 0 Å². The van der Waals surface area contributed by atoms with Gasteiger partial charge in [0, 0.05) is 50.3 Å². The van der Waals surface area contributed by atoms with Gasteiger partial charge in [0.05, 0.1) is 18.1 Å². The Morgan fingerprint density at radius 2 is 0.843 bits per heavy atom. The van der Waals surface area contributed by atoms with E-state index in [4.69, 9.17) is 9.84 Å². The van der Waals surface area contributed by atoms with E-state index in [-0.39, 0.29) is 0 Å². The van der Waals surface area contributed by atoms with E-state index in [1.165, 1.54) is 21.8 Å². The van der Waals surface area contributed by atoms with Crippen LogP contribution in [0.3, 0.4) is 0 Å². The highest BCUT2D eigenvalue weighted by Crippen LogP contribution is 2.38. The molecule has 0 aliphatic heterocycles. The van der Waals surface area contributed by atoms with Gasteiger partial charge in [0.15, 0.2) is 11.6 Å². The van der Waals surface area contributed by atoms with Crippen molar-refractivity contribution >= 4 is 38.9 Å². The van der Waals surface area contributed by atoms with Gasteiger partial charge in [-0.05, 0) is 109 Å². The lowest BCUT2D eigenvalue weighted by Crippen LogP contribution is -2.10. The first-order valence-corrected chi connectivity index (χ1v) is 17.0. The first-order valence-electron chi connectivity index (χ1n) is 17.0. The van der Waals surface area contributed by atoms with Gasteiger partial charge < -0.3 is 14.2 Å². The fraction of sp³-hybridized carbons (Fsp3) is 0.0222. The standard InChI is InChI=1S/C45H33N5O/c1-51-39-30-22-33(23-31-39)45-47-46-44(50(45)35-14-6-3-7-15-35)32-20-24-36(25-21-32)48(34-12-4-2-5-13-34)37-26-28-38(29-27-37)49-42-18-10-8-16-40(42)41-17-9-11-19-43(41)49/h2-31H,1H3. The molecule has 0 spiro atoms. The molecule has 0 fully saturated rings. The third kappa shape index (κ3) is 5.40. The van der Waals surface area contributed by atoms with Gasteiger partial charge in [-0.25, -0.2) is 0 Å². The zero-order valence-corrected chi connectivity index (χ0v) is 28.0. The molecule has 9 rings (SSSR count). The topological polar surface area (TPSA) is 48.1 Å². The van der Waals surface area contributed by atoms with Gasteiger partial charge in [-0.1, -0.05) is 72.8 Å². The highest BCUT2D eigenvalue weighted by atomic mass is 16.5. The molecule has 0 aliphatic rings. The molecule has 244 valence electrons. The summed E-state index contributed by atoms with van der Waals surface area (Å²) in [6.07, 6.45) is 0. The average molecular weight is 660 g/mol. The van der Waals surface area contributed by atoms with E-state index in [2.05, 4.69) is 153 Å². The molecule has 6 heteroatoms. The second kappa shape index (κ2) is 12.8. The summed E-state index contributed by atoms with van der Waals surface area (Å²) in [5.74, 6) is 2.32. The Morgan fingerprint density at radius 3 is 1.39 bits per heavy atom. The maximum Gasteiger partial charge on any atom is 0.168 e. The van der Waals surface area contributed by atoms with Crippen LogP contribution in [-0.4, -0.2) is 26.4 Å². The number of methoxy groups -OCH3 is 1. The number of ether oxygens (including phenoxy) is 1. The number of para-hydroxylation sites is 4. The fourth-order valence-electron chi connectivity index (χ4n) is 6.96. The van der Waals surface area contributed by atoms with E-state index in [0.29, 0.717) is 0 Å². The second-order valence-electron chi connectivity index (χ2n) is 12.4. The van der Waals surface area contributed by atoms with Gasteiger partial charge in [-0.3, -0.25) is 4.57 Å². The molecule has 0 saturated heterocycles. The largest absolute Gasteiger partial charge is 0.497 e. The number of nitrogens with zero attached hydrogens (tertiary/aromatic N) is 5. The van der Waals surface area contributed by atoms with Crippen molar-refractivity contribution in [2.75, 3.05) is 12.0 Å². The Labute approximate surface area is 296 Å². The molecule has 2 aromatic heterocycles. The monoisotopic (exact) mass is 659 g/mol. The minimum Gasteiger partial charge on any atom is -0.497 e. The van der Waals surface area contributed by atoms with Crippen molar-refractivity contribution in [3.8, 4) is 39.9 Å². The van der Waals surface area contributed by atoms with E-state index in [9.17, 15) is 0 Å². The molecule has 6 nitrogen and oxygen atoms in total. The van der Waals surface area contributed by atoms with Crippen LogP contribution >= 0.6 is 0 Å². The molecule has 0 N–H and O–H groups in total. The maximum absolute atomic E-state index is 5.39. The molecular weight excluding hydrogens is 627 g/mol. The predicted molar refractivity (Wildman–Crippen MR) is 208 cm³/mol. The summed E-state index contributed by atoms with van der Waals surface area (Å²) in [4.78, 5) is 2.28. The fourth-order valence-corrected chi connectivity index (χ4v) is 6.96. The lowest BCUT2D eigenvalue weighted by Gasteiger charge is -2.26. The Bertz CT molecular complexity index is 2540. The van der Waals surface area contributed by atoms with Crippen molar-refractivity contribution < 1.29 is 4.74 Å². The van der Waals surface area contributed by atoms with Crippen molar-refractivity contribution in [1.82, 2.24) is 19.3 Å². The Morgan fingerprint density at radius 1 is 0.412 bits per heavy atom. The number of hydrogen-bond acceptors (Lipinski definition) is 4. The zero-order valence-electron chi connectivity index (χ0n) is 28.0.